The van der Waals surface area contributed by atoms with Gasteiger partial charge in [0.05, 0.1) is 12.2 Å². The lowest BCUT2D eigenvalue weighted by Gasteiger charge is -2.37. The second-order valence-corrected chi connectivity index (χ2v) is 7.71. The minimum Gasteiger partial charge on any atom is -0.312 e. The second kappa shape index (κ2) is 8.92. The number of hydrogen-bond acceptors (Lipinski definition) is 5. The number of piperidine rings is 2. The molecule has 0 spiro atoms. The summed E-state index contributed by atoms with van der Waals surface area (Å²) in [4.78, 5) is 16.9. The minimum atomic E-state index is 0.00334. The van der Waals surface area contributed by atoms with Gasteiger partial charge in [-0.15, -0.1) is 0 Å². The van der Waals surface area contributed by atoms with E-state index in [1.165, 1.54) is 45.2 Å². The van der Waals surface area contributed by atoms with Gasteiger partial charge in [-0.2, -0.15) is 5.10 Å². The van der Waals surface area contributed by atoms with E-state index in [4.69, 9.17) is 0 Å². The van der Waals surface area contributed by atoms with Crippen LogP contribution in [0.3, 0.4) is 0 Å². The van der Waals surface area contributed by atoms with Crippen LogP contribution < -0.4 is 10.9 Å². The summed E-state index contributed by atoms with van der Waals surface area (Å²) in [5.41, 5.74) is 0.905. The van der Waals surface area contributed by atoms with Crippen molar-refractivity contribution in [1.82, 2.24) is 24.9 Å². The summed E-state index contributed by atoms with van der Waals surface area (Å²) in [6.45, 7) is 8.15. The van der Waals surface area contributed by atoms with Crippen LogP contribution in [0.15, 0.2) is 16.9 Å². The van der Waals surface area contributed by atoms with Crippen molar-refractivity contribution in [2.24, 2.45) is 0 Å². The van der Waals surface area contributed by atoms with Crippen LogP contribution in [-0.2, 0) is 6.54 Å². The molecule has 1 atom stereocenters. The zero-order valence-corrected chi connectivity index (χ0v) is 15.8. The van der Waals surface area contributed by atoms with E-state index in [0.29, 0.717) is 18.6 Å². The number of hydrogen-bond donors (Lipinski definition) is 1. The molecular formula is C19H33N5O. The van der Waals surface area contributed by atoms with Gasteiger partial charge in [-0.05, 0) is 65.4 Å². The molecule has 1 unspecified atom stereocenters. The highest BCUT2D eigenvalue weighted by Crippen LogP contribution is 2.17. The number of nitrogens with zero attached hydrogens (tertiary/aromatic N) is 4. The van der Waals surface area contributed by atoms with E-state index in [9.17, 15) is 4.79 Å². The van der Waals surface area contributed by atoms with E-state index in [1.54, 1.807) is 16.8 Å². The summed E-state index contributed by atoms with van der Waals surface area (Å²) in [5.74, 6) is 0. The zero-order chi connectivity index (χ0) is 17.6. The first-order valence-electron chi connectivity index (χ1n) is 9.82. The number of aryl methyl sites for hydroxylation is 1. The fraction of sp³-hybridized carbons (Fsp3) is 0.789. The van der Waals surface area contributed by atoms with E-state index in [-0.39, 0.29) is 5.56 Å². The van der Waals surface area contributed by atoms with Crippen molar-refractivity contribution >= 4 is 0 Å². The van der Waals surface area contributed by atoms with Crippen LogP contribution in [0.5, 0.6) is 0 Å². The Bertz CT molecular complexity index is 594. The highest BCUT2D eigenvalue weighted by molar-refractivity contribution is 4.97. The van der Waals surface area contributed by atoms with Gasteiger partial charge in [-0.25, -0.2) is 4.68 Å². The molecule has 140 valence electrons. The largest absolute Gasteiger partial charge is 0.312 e. The first-order valence-corrected chi connectivity index (χ1v) is 9.82. The lowest BCUT2D eigenvalue weighted by Crippen LogP contribution is -2.50. The first-order chi connectivity index (χ1) is 12.1. The van der Waals surface area contributed by atoms with Crippen molar-refractivity contribution in [3.63, 3.8) is 0 Å². The van der Waals surface area contributed by atoms with E-state index in [2.05, 4.69) is 27.3 Å². The quantitative estimate of drug-likeness (QED) is 0.835. The molecule has 1 aromatic rings. The van der Waals surface area contributed by atoms with Crippen LogP contribution in [0.25, 0.3) is 0 Å². The Balaban J connectivity index is 1.50. The molecule has 0 aliphatic carbocycles. The van der Waals surface area contributed by atoms with Crippen molar-refractivity contribution in [1.29, 1.82) is 0 Å². The molecule has 3 heterocycles. The molecule has 1 N–H and O–H groups in total. The normalized spacial score (nSPS) is 23.8. The summed E-state index contributed by atoms with van der Waals surface area (Å²) in [6, 6.07) is 4.67. The lowest BCUT2D eigenvalue weighted by atomic mass is 10.0. The van der Waals surface area contributed by atoms with Crippen LogP contribution >= 0.6 is 0 Å². The van der Waals surface area contributed by atoms with Crippen LogP contribution in [-0.4, -0.2) is 71.4 Å². The summed E-state index contributed by atoms with van der Waals surface area (Å²) < 4.78 is 1.62. The smallest absolute Gasteiger partial charge is 0.266 e. The van der Waals surface area contributed by atoms with Crippen LogP contribution in [0, 0.1) is 6.92 Å². The van der Waals surface area contributed by atoms with Crippen molar-refractivity contribution in [3.8, 4) is 0 Å². The van der Waals surface area contributed by atoms with E-state index >= 15 is 0 Å². The molecule has 0 aromatic carbocycles. The van der Waals surface area contributed by atoms with Gasteiger partial charge in [0.2, 0.25) is 0 Å². The monoisotopic (exact) mass is 347 g/mol. The average Bonchev–Trinajstić information content (AvgIpc) is 2.63. The maximum Gasteiger partial charge on any atom is 0.266 e. The summed E-state index contributed by atoms with van der Waals surface area (Å²) >= 11 is 0. The average molecular weight is 348 g/mol. The number of aromatic nitrogens is 2. The highest BCUT2D eigenvalue weighted by Gasteiger charge is 2.24. The van der Waals surface area contributed by atoms with Gasteiger partial charge in [0, 0.05) is 31.2 Å². The molecule has 2 aliphatic rings. The second-order valence-electron chi connectivity index (χ2n) is 7.71. The van der Waals surface area contributed by atoms with Gasteiger partial charge in [0.1, 0.15) is 0 Å². The Hall–Kier alpha value is -1.24. The number of rotatable bonds is 6. The van der Waals surface area contributed by atoms with Crippen molar-refractivity contribution in [2.45, 2.75) is 57.7 Å². The molecule has 0 saturated carbocycles. The van der Waals surface area contributed by atoms with Gasteiger partial charge in [-0.3, -0.25) is 9.69 Å². The van der Waals surface area contributed by atoms with Gasteiger partial charge in [0.15, 0.2) is 0 Å². The predicted molar refractivity (Wildman–Crippen MR) is 101 cm³/mol. The summed E-state index contributed by atoms with van der Waals surface area (Å²) in [7, 11) is 2.21. The first kappa shape index (κ1) is 18.5. The molecule has 0 bridgehead atoms. The molecule has 3 rings (SSSR count). The Morgan fingerprint density at radius 3 is 2.72 bits per heavy atom. The molecular weight excluding hydrogens is 314 g/mol. The van der Waals surface area contributed by atoms with Gasteiger partial charge in [0.25, 0.3) is 5.56 Å². The molecule has 2 fully saturated rings. The van der Waals surface area contributed by atoms with Crippen LogP contribution in [0.1, 0.15) is 37.8 Å². The van der Waals surface area contributed by atoms with E-state index < -0.39 is 0 Å². The third-order valence-electron chi connectivity index (χ3n) is 5.71. The number of nitrogens with one attached hydrogen (secondary N) is 1. The highest BCUT2D eigenvalue weighted by atomic mass is 16.1. The van der Waals surface area contributed by atoms with Gasteiger partial charge < -0.3 is 10.2 Å². The Kier molecular flexibility index (Phi) is 6.62. The third-order valence-corrected chi connectivity index (χ3v) is 5.71. The summed E-state index contributed by atoms with van der Waals surface area (Å²) in [5, 5.41) is 8.17. The molecule has 1 aromatic heterocycles. The Morgan fingerprint density at radius 2 is 1.92 bits per heavy atom. The maximum absolute atomic E-state index is 12.0. The predicted octanol–water partition coefficient (Wildman–Crippen LogP) is 1.09. The standard InChI is InChI=1S/C19H33N5O/c1-16-6-7-19(25)24(21-16)14-13-23-10-4-3-5-18(23)15-20-17-8-11-22(2)12-9-17/h6-7,17-18,20H,3-5,8-15H2,1-2H3. The topological polar surface area (TPSA) is 53.4 Å². The minimum absolute atomic E-state index is 0.00334. The number of likely N-dealkylation sites (tertiary alicyclic amines) is 2. The van der Waals surface area contributed by atoms with Gasteiger partial charge in [-0.1, -0.05) is 6.42 Å². The Morgan fingerprint density at radius 1 is 1.12 bits per heavy atom. The molecule has 6 nitrogen and oxygen atoms in total. The fourth-order valence-electron chi connectivity index (χ4n) is 4.04. The fourth-order valence-corrected chi connectivity index (χ4v) is 4.04. The van der Waals surface area contributed by atoms with Crippen LogP contribution in [0.4, 0.5) is 0 Å². The lowest BCUT2D eigenvalue weighted by molar-refractivity contribution is 0.130. The molecule has 6 heteroatoms. The zero-order valence-electron chi connectivity index (χ0n) is 15.8. The van der Waals surface area contributed by atoms with E-state index in [1.807, 2.05) is 6.92 Å². The molecule has 2 saturated heterocycles. The molecule has 25 heavy (non-hydrogen) atoms. The van der Waals surface area contributed by atoms with Crippen molar-refractivity contribution in [2.75, 3.05) is 39.8 Å². The molecule has 2 aliphatic heterocycles. The van der Waals surface area contributed by atoms with Crippen LogP contribution in [0.2, 0.25) is 0 Å². The Labute approximate surface area is 151 Å². The van der Waals surface area contributed by atoms with Gasteiger partial charge >= 0.3 is 0 Å². The third kappa shape index (κ3) is 5.36. The van der Waals surface area contributed by atoms with Crippen molar-refractivity contribution < 1.29 is 0 Å². The molecule has 0 radical (unpaired) electrons. The summed E-state index contributed by atoms with van der Waals surface area (Å²) in [6.07, 6.45) is 6.35. The molecule has 0 amide bonds. The maximum atomic E-state index is 12.0. The SMILES string of the molecule is Cc1ccc(=O)n(CCN2CCCCC2CNC2CCN(C)CC2)n1. The van der Waals surface area contributed by atoms with Crippen molar-refractivity contribution in [3.05, 3.63) is 28.2 Å². The van der Waals surface area contributed by atoms with E-state index in [0.717, 1.165) is 25.3 Å².